The molecule has 0 aliphatic heterocycles. The van der Waals surface area contributed by atoms with Crippen LogP contribution in [-0.2, 0) is 11.8 Å². The van der Waals surface area contributed by atoms with E-state index in [2.05, 4.69) is 22.9 Å². The van der Waals surface area contributed by atoms with Crippen molar-refractivity contribution in [3.63, 3.8) is 0 Å². The third-order valence-corrected chi connectivity index (χ3v) is 5.05. The Morgan fingerprint density at radius 2 is 1.85 bits per heavy atom. The second-order valence-electron chi connectivity index (χ2n) is 6.59. The number of benzene rings is 2. The number of amides is 1. The summed E-state index contributed by atoms with van der Waals surface area (Å²) in [6.07, 6.45) is 2.40. The third-order valence-electron chi connectivity index (χ3n) is 5.05. The molecule has 1 aromatic heterocycles. The quantitative estimate of drug-likeness (QED) is 0.631. The maximum Gasteiger partial charge on any atom is 0.223 e. The van der Waals surface area contributed by atoms with Gasteiger partial charge in [0.05, 0.1) is 0 Å². The minimum Gasteiger partial charge on any atom is -0.350 e. The molecule has 0 saturated carbocycles. The molecule has 0 aliphatic carbocycles. The molecule has 3 rings (SSSR count). The molecule has 0 spiro atoms. The zero-order chi connectivity index (χ0) is 18.7. The SMILES string of the molecule is CCN(CC)C(=O)C[C@@H](c1cccc(F)c1)c1cn(C)c2ccccc12. The van der Waals surface area contributed by atoms with Crippen LogP contribution in [0.2, 0.25) is 0 Å². The van der Waals surface area contributed by atoms with Gasteiger partial charge in [-0.2, -0.15) is 0 Å². The summed E-state index contributed by atoms with van der Waals surface area (Å²) in [5.74, 6) is -0.356. The number of aromatic nitrogens is 1. The molecule has 0 radical (unpaired) electrons. The van der Waals surface area contributed by atoms with E-state index in [1.54, 1.807) is 12.1 Å². The normalized spacial score (nSPS) is 12.3. The first kappa shape index (κ1) is 18.2. The molecule has 1 heterocycles. The number of aryl methyl sites for hydroxylation is 1. The van der Waals surface area contributed by atoms with Crippen LogP contribution >= 0.6 is 0 Å². The van der Waals surface area contributed by atoms with Crippen molar-refractivity contribution in [1.29, 1.82) is 0 Å². The molecular weight excluding hydrogens is 327 g/mol. The van der Waals surface area contributed by atoms with Crippen molar-refractivity contribution < 1.29 is 9.18 Å². The van der Waals surface area contributed by atoms with Gasteiger partial charge < -0.3 is 9.47 Å². The van der Waals surface area contributed by atoms with Crippen molar-refractivity contribution in [2.24, 2.45) is 7.05 Å². The van der Waals surface area contributed by atoms with Crippen molar-refractivity contribution in [2.45, 2.75) is 26.2 Å². The fourth-order valence-corrected chi connectivity index (χ4v) is 3.66. The molecule has 1 amide bonds. The van der Waals surface area contributed by atoms with E-state index in [1.165, 1.54) is 6.07 Å². The number of hydrogen-bond acceptors (Lipinski definition) is 1. The molecule has 26 heavy (non-hydrogen) atoms. The number of nitrogens with zero attached hydrogens (tertiary/aromatic N) is 2. The van der Waals surface area contributed by atoms with Gasteiger partial charge in [-0.1, -0.05) is 30.3 Å². The molecule has 0 N–H and O–H groups in total. The van der Waals surface area contributed by atoms with Crippen LogP contribution in [0.3, 0.4) is 0 Å². The number of halogens is 1. The lowest BCUT2D eigenvalue weighted by molar-refractivity contribution is -0.131. The van der Waals surface area contributed by atoms with Crippen molar-refractivity contribution in [3.8, 4) is 0 Å². The average Bonchev–Trinajstić information content (AvgIpc) is 2.98. The molecule has 0 saturated heterocycles. The van der Waals surface area contributed by atoms with E-state index in [0.29, 0.717) is 19.5 Å². The van der Waals surface area contributed by atoms with Crippen molar-refractivity contribution >= 4 is 16.8 Å². The second-order valence-corrected chi connectivity index (χ2v) is 6.59. The standard InChI is InChI=1S/C22H25FN2O/c1-4-25(5-2)22(26)14-19(16-9-8-10-17(23)13-16)20-15-24(3)21-12-7-6-11-18(20)21/h6-13,15,19H,4-5,14H2,1-3H3/t19-/m0/s1. The van der Waals surface area contributed by atoms with Gasteiger partial charge in [0.25, 0.3) is 0 Å². The summed E-state index contributed by atoms with van der Waals surface area (Å²) in [5.41, 5.74) is 3.01. The highest BCUT2D eigenvalue weighted by molar-refractivity contribution is 5.86. The maximum absolute atomic E-state index is 13.9. The van der Waals surface area contributed by atoms with E-state index < -0.39 is 0 Å². The lowest BCUT2D eigenvalue weighted by Gasteiger charge is -2.23. The molecule has 0 fully saturated rings. The number of para-hydroxylation sites is 1. The number of carbonyl (C=O) groups is 1. The summed E-state index contributed by atoms with van der Waals surface area (Å²) < 4.78 is 16.0. The highest BCUT2D eigenvalue weighted by atomic mass is 19.1. The third kappa shape index (κ3) is 3.50. The van der Waals surface area contributed by atoms with E-state index in [-0.39, 0.29) is 17.6 Å². The highest BCUT2D eigenvalue weighted by Gasteiger charge is 2.24. The largest absolute Gasteiger partial charge is 0.350 e. The molecular formula is C22H25FN2O. The minimum atomic E-state index is -0.275. The minimum absolute atomic E-state index is 0.0946. The Morgan fingerprint density at radius 3 is 2.54 bits per heavy atom. The van der Waals surface area contributed by atoms with Gasteiger partial charge >= 0.3 is 0 Å². The predicted molar refractivity (Wildman–Crippen MR) is 104 cm³/mol. The molecule has 4 heteroatoms. The summed E-state index contributed by atoms with van der Waals surface area (Å²) in [4.78, 5) is 14.6. The van der Waals surface area contributed by atoms with Crippen molar-refractivity contribution in [2.75, 3.05) is 13.1 Å². The smallest absolute Gasteiger partial charge is 0.223 e. The van der Waals surface area contributed by atoms with Crippen LogP contribution in [0, 0.1) is 5.82 Å². The van der Waals surface area contributed by atoms with Gasteiger partial charge in [-0.05, 0) is 43.2 Å². The Hall–Kier alpha value is -2.62. The van der Waals surface area contributed by atoms with E-state index in [4.69, 9.17) is 0 Å². The fraction of sp³-hybridized carbons (Fsp3) is 0.318. The monoisotopic (exact) mass is 352 g/mol. The van der Waals surface area contributed by atoms with E-state index in [9.17, 15) is 9.18 Å². The fourth-order valence-electron chi connectivity index (χ4n) is 3.66. The van der Waals surface area contributed by atoms with Crippen LogP contribution in [0.15, 0.2) is 54.7 Å². The molecule has 0 bridgehead atoms. The van der Waals surface area contributed by atoms with Gasteiger partial charge in [0.1, 0.15) is 5.82 Å². The second kappa shape index (κ2) is 7.73. The van der Waals surface area contributed by atoms with Crippen LogP contribution in [0.5, 0.6) is 0 Å². The lowest BCUT2D eigenvalue weighted by atomic mass is 9.87. The molecule has 0 unspecified atom stereocenters. The first-order chi connectivity index (χ1) is 12.5. The molecule has 3 nitrogen and oxygen atoms in total. The summed E-state index contributed by atoms with van der Waals surface area (Å²) in [6, 6.07) is 14.7. The van der Waals surface area contributed by atoms with Gasteiger partial charge in [0, 0.05) is 49.6 Å². The summed E-state index contributed by atoms with van der Waals surface area (Å²) >= 11 is 0. The van der Waals surface area contributed by atoms with Crippen molar-refractivity contribution in [1.82, 2.24) is 9.47 Å². The van der Waals surface area contributed by atoms with Gasteiger partial charge in [0.2, 0.25) is 5.91 Å². The van der Waals surface area contributed by atoms with E-state index in [1.807, 2.05) is 44.0 Å². The van der Waals surface area contributed by atoms with Gasteiger partial charge in [-0.15, -0.1) is 0 Å². The molecule has 1 atom stereocenters. The number of fused-ring (bicyclic) bond motifs is 1. The van der Waals surface area contributed by atoms with Gasteiger partial charge in [-0.25, -0.2) is 4.39 Å². The number of rotatable bonds is 6. The van der Waals surface area contributed by atoms with Crippen LogP contribution < -0.4 is 0 Å². The lowest BCUT2D eigenvalue weighted by Crippen LogP contribution is -2.31. The summed E-state index contributed by atoms with van der Waals surface area (Å²) in [7, 11) is 2.00. The molecule has 0 aliphatic rings. The van der Waals surface area contributed by atoms with Crippen LogP contribution in [0.1, 0.15) is 37.3 Å². The number of hydrogen-bond donors (Lipinski definition) is 0. The van der Waals surface area contributed by atoms with Crippen molar-refractivity contribution in [3.05, 3.63) is 71.7 Å². The Morgan fingerprint density at radius 1 is 1.12 bits per heavy atom. The van der Waals surface area contributed by atoms with E-state index in [0.717, 1.165) is 22.0 Å². The average molecular weight is 352 g/mol. The first-order valence-corrected chi connectivity index (χ1v) is 9.12. The Kier molecular flexibility index (Phi) is 5.40. The summed E-state index contributed by atoms with van der Waals surface area (Å²) in [6.45, 7) is 5.33. The maximum atomic E-state index is 13.9. The Labute approximate surface area is 154 Å². The zero-order valence-corrected chi connectivity index (χ0v) is 15.6. The molecule has 2 aromatic carbocycles. The van der Waals surface area contributed by atoms with Gasteiger partial charge in [-0.3, -0.25) is 4.79 Å². The van der Waals surface area contributed by atoms with Crippen LogP contribution in [0.4, 0.5) is 4.39 Å². The predicted octanol–water partition coefficient (Wildman–Crippen LogP) is 4.71. The number of carbonyl (C=O) groups excluding carboxylic acids is 1. The molecule has 136 valence electrons. The molecule has 3 aromatic rings. The summed E-state index contributed by atoms with van der Waals surface area (Å²) in [5, 5.41) is 1.11. The van der Waals surface area contributed by atoms with Crippen LogP contribution in [0.25, 0.3) is 10.9 Å². The topological polar surface area (TPSA) is 25.2 Å². The highest BCUT2D eigenvalue weighted by Crippen LogP contribution is 2.35. The van der Waals surface area contributed by atoms with Crippen LogP contribution in [-0.4, -0.2) is 28.5 Å². The van der Waals surface area contributed by atoms with E-state index >= 15 is 0 Å². The Balaban J connectivity index is 2.09. The van der Waals surface area contributed by atoms with Gasteiger partial charge in [0.15, 0.2) is 0 Å². The Bertz CT molecular complexity index is 911. The zero-order valence-electron chi connectivity index (χ0n) is 15.6. The first-order valence-electron chi connectivity index (χ1n) is 9.12.